The average molecular weight is 279 g/mol. The molecular weight excluding hydrogens is 258 g/mol. The van der Waals surface area contributed by atoms with Gasteiger partial charge in [0.25, 0.3) is 5.91 Å². The number of furan rings is 1. The Labute approximate surface area is 118 Å². The molecule has 1 aromatic heterocycles. The maximum Gasteiger partial charge on any atom is 0.371 e. The number of carbonyl (C=O) groups is 2. The smallest absolute Gasteiger partial charge is 0.371 e. The Hall–Kier alpha value is -1.78. The molecule has 1 aliphatic rings. The first kappa shape index (κ1) is 14.6. The third kappa shape index (κ3) is 3.62. The number of hydrogen-bond donors (Lipinski definition) is 2. The van der Waals surface area contributed by atoms with Crippen LogP contribution in [0.1, 0.15) is 60.1 Å². The number of amides is 1. The quantitative estimate of drug-likeness (QED) is 0.868. The number of carboxylic acids is 1. The molecule has 2 rings (SSSR count). The fourth-order valence-electron chi connectivity index (χ4n) is 2.74. The summed E-state index contributed by atoms with van der Waals surface area (Å²) in [5.41, 5.74) is 0. The van der Waals surface area contributed by atoms with Gasteiger partial charge in [-0.3, -0.25) is 4.79 Å². The molecule has 0 radical (unpaired) electrons. The van der Waals surface area contributed by atoms with Gasteiger partial charge in [0.2, 0.25) is 5.76 Å². The molecule has 1 aliphatic carbocycles. The van der Waals surface area contributed by atoms with Crippen LogP contribution in [-0.2, 0) is 0 Å². The van der Waals surface area contributed by atoms with Crippen LogP contribution in [0.2, 0.25) is 0 Å². The molecule has 0 aromatic carbocycles. The molecule has 0 unspecified atom stereocenters. The Morgan fingerprint density at radius 1 is 1.20 bits per heavy atom. The number of rotatable bonds is 5. The fourth-order valence-corrected chi connectivity index (χ4v) is 2.74. The minimum atomic E-state index is -1.16. The first-order valence-corrected chi connectivity index (χ1v) is 7.21. The lowest BCUT2D eigenvalue weighted by molar-refractivity contribution is 0.0659. The molecule has 0 bridgehead atoms. The molecule has 1 heterocycles. The second-order valence-electron chi connectivity index (χ2n) is 5.47. The van der Waals surface area contributed by atoms with Gasteiger partial charge < -0.3 is 14.8 Å². The van der Waals surface area contributed by atoms with E-state index in [9.17, 15) is 9.59 Å². The molecule has 0 saturated heterocycles. The topological polar surface area (TPSA) is 79.5 Å². The minimum absolute atomic E-state index is 0.0599. The van der Waals surface area contributed by atoms with Gasteiger partial charge in [-0.15, -0.1) is 0 Å². The largest absolute Gasteiger partial charge is 0.475 e. The molecule has 20 heavy (non-hydrogen) atoms. The van der Waals surface area contributed by atoms with Crippen LogP contribution in [-0.4, -0.2) is 23.5 Å². The lowest BCUT2D eigenvalue weighted by atomic mass is 9.81. The predicted molar refractivity (Wildman–Crippen MR) is 73.7 cm³/mol. The summed E-state index contributed by atoms with van der Waals surface area (Å²) in [6, 6.07) is 2.69. The van der Waals surface area contributed by atoms with Gasteiger partial charge in [0.05, 0.1) is 0 Å². The van der Waals surface area contributed by atoms with E-state index in [1.807, 2.05) is 0 Å². The van der Waals surface area contributed by atoms with Gasteiger partial charge in [0, 0.05) is 6.54 Å². The highest BCUT2D eigenvalue weighted by Gasteiger charge is 2.21. The van der Waals surface area contributed by atoms with Crippen molar-refractivity contribution in [3.63, 3.8) is 0 Å². The van der Waals surface area contributed by atoms with Gasteiger partial charge in [-0.2, -0.15) is 0 Å². The van der Waals surface area contributed by atoms with Gasteiger partial charge >= 0.3 is 5.97 Å². The van der Waals surface area contributed by atoms with E-state index < -0.39 is 5.97 Å². The van der Waals surface area contributed by atoms with E-state index in [-0.39, 0.29) is 17.4 Å². The Kier molecular flexibility index (Phi) is 4.82. The van der Waals surface area contributed by atoms with Gasteiger partial charge in [-0.1, -0.05) is 26.2 Å². The lowest BCUT2D eigenvalue weighted by Gasteiger charge is -2.27. The van der Waals surface area contributed by atoms with E-state index in [1.165, 1.54) is 31.4 Å². The van der Waals surface area contributed by atoms with E-state index in [0.29, 0.717) is 12.5 Å². The highest BCUT2D eigenvalue weighted by atomic mass is 16.4. The SMILES string of the molecule is CCC1CCC(CNC(=O)c2ccc(C(=O)O)o2)CC1. The highest BCUT2D eigenvalue weighted by molar-refractivity contribution is 5.93. The molecule has 2 N–H and O–H groups in total. The summed E-state index contributed by atoms with van der Waals surface area (Å²) < 4.78 is 4.97. The van der Waals surface area contributed by atoms with Crippen molar-refractivity contribution in [3.05, 3.63) is 23.7 Å². The first-order valence-electron chi connectivity index (χ1n) is 7.21. The minimum Gasteiger partial charge on any atom is -0.475 e. The van der Waals surface area contributed by atoms with Gasteiger partial charge in [0.15, 0.2) is 5.76 Å². The van der Waals surface area contributed by atoms with E-state index in [4.69, 9.17) is 9.52 Å². The Balaban J connectivity index is 1.79. The monoisotopic (exact) mass is 279 g/mol. The van der Waals surface area contributed by atoms with Crippen molar-refractivity contribution in [1.82, 2.24) is 5.32 Å². The van der Waals surface area contributed by atoms with Crippen LogP contribution in [0.5, 0.6) is 0 Å². The van der Waals surface area contributed by atoms with Gasteiger partial charge in [-0.05, 0) is 36.8 Å². The summed E-state index contributed by atoms with van der Waals surface area (Å²) in [6.45, 7) is 2.86. The molecule has 0 spiro atoms. The molecule has 5 nitrogen and oxygen atoms in total. The van der Waals surface area contributed by atoms with Crippen molar-refractivity contribution >= 4 is 11.9 Å². The van der Waals surface area contributed by atoms with E-state index >= 15 is 0 Å². The Bertz CT molecular complexity index is 472. The molecular formula is C15H21NO4. The third-order valence-corrected chi connectivity index (χ3v) is 4.14. The molecule has 5 heteroatoms. The van der Waals surface area contributed by atoms with Crippen LogP contribution >= 0.6 is 0 Å². The standard InChI is InChI=1S/C15H21NO4/c1-2-10-3-5-11(6-4-10)9-16-14(17)12-7-8-13(20-12)15(18)19/h7-8,10-11H,2-6,9H2,1H3,(H,16,17)(H,18,19). The predicted octanol–water partition coefficient (Wildman–Crippen LogP) is 2.92. The van der Waals surface area contributed by atoms with Crippen LogP contribution in [0.15, 0.2) is 16.5 Å². The lowest BCUT2D eigenvalue weighted by Crippen LogP contribution is -2.31. The Morgan fingerprint density at radius 3 is 2.35 bits per heavy atom. The van der Waals surface area contributed by atoms with Crippen molar-refractivity contribution < 1.29 is 19.1 Å². The fraction of sp³-hybridized carbons (Fsp3) is 0.600. The summed E-state index contributed by atoms with van der Waals surface area (Å²) in [4.78, 5) is 22.5. The molecule has 1 fully saturated rings. The summed E-state index contributed by atoms with van der Waals surface area (Å²) in [5, 5.41) is 11.6. The van der Waals surface area contributed by atoms with E-state index in [2.05, 4.69) is 12.2 Å². The second kappa shape index (κ2) is 6.59. The number of hydrogen-bond acceptors (Lipinski definition) is 3. The maximum atomic E-state index is 11.8. The zero-order valence-corrected chi connectivity index (χ0v) is 11.7. The van der Waals surface area contributed by atoms with Gasteiger partial charge in [-0.25, -0.2) is 4.79 Å². The molecule has 1 saturated carbocycles. The van der Waals surface area contributed by atoms with Crippen LogP contribution in [0.25, 0.3) is 0 Å². The maximum absolute atomic E-state index is 11.8. The van der Waals surface area contributed by atoms with Crippen LogP contribution in [0.4, 0.5) is 0 Å². The number of carboxylic acid groups (broad SMARTS) is 1. The van der Waals surface area contributed by atoms with Crippen molar-refractivity contribution in [3.8, 4) is 0 Å². The zero-order chi connectivity index (χ0) is 14.5. The number of nitrogens with one attached hydrogen (secondary N) is 1. The normalized spacial score (nSPS) is 22.4. The van der Waals surface area contributed by atoms with Crippen molar-refractivity contribution in [1.29, 1.82) is 0 Å². The summed E-state index contributed by atoms with van der Waals surface area (Å²) in [6.07, 6.45) is 6.01. The van der Waals surface area contributed by atoms with Crippen LogP contribution in [0.3, 0.4) is 0 Å². The van der Waals surface area contributed by atoms with Gasteiger partial charge in [0.1, 0.15) is 0 Å². The van der Waals surface area contributed by atoms with Crippen molar-refractivity contribution in [2.75, 3.05) is 6.54 Å². The first-order chi connectivity index (χ1) is 9.60. The Morgan fingerprint density at radius 2 is 1.80 bits per heavy atom. The van der Waals surface area contributed by atoms with Crippen LogP contribution in [0, 0.1) is 11.8 Å². The number of aromatic carboxylic acids is 1. The average Bonchev–Trinajstić information content (AvgIpc) is 2.95. The molecule has 0 atom stereocenters. The van der Waals surface area contributed by atoms with E-state index in [0.717, 1.165) is 18.8 Å². The summed E-state index contributed by atoms with van der Waals surface area (Å²) >= 11 is 0. The molecule has 1 aromatic rings. The molecule has 110 valence electrons. The van der Waals surface area contributed by atoms with E-state index in [1.54, 1.807) is 0 Å². The van der Waals surface area contributed by atoms with Crippen molar-refractivity contribution in [2.45, 2.75) is 39.0 Å². The summed E-state index contributed by atoms with van der Waals surface area (Å²) in [5.74, 6) is -0.291. The third-order valence-electron chi connectivity index (χ3n) is 4.14. The zero-order valence-electron chi connectivity index (χ0n) is 11.7. The highest BCUT2D eigenvalue weighted by Crippen LogP contribution is 2.30. The second-order valence-corrected chi connectivity index (χ2v) is 5.47. The molecule has 1 amide bonds. The summed E-state index contributed by atoms with van der Waals surface area (Å²) in [7, 11) is 0. The molecule has 0 aliphatic heterocycles. The van der Waals surface area contributed by atoms with Crippen molar-refractivity contribution in [2.24, 2.45) is 11.8 Å². The van der Waals surface area contributed by atoms with Crippen LogP contribution < -0.4 is 5.32 Å². The number of carbonyl (C=O) groups excluding carboxylic acids is 1.